The van der Waals surface area contributed by atoms with Gasteiger partial charge in [0.15, 0.2) is 6.33 Å². The molecular formula is C14H16FN3O. The maximum atomic E-state index is 13.1. The maximum absolute atomic E-state index is 13.1. The van der Waals surface area contributed by atoms with Crippen LogP contribution in [-0.2, 0) is 6.54 Å². The number of benzene rings is 1. The van der Waals surface area contributed by atoms with Gasteiger partial charge in [-0.05, 0) is 43.6 Å². The summed E-state index contributed by atoms with van der Waals surface area (Å²) >= 11 is 0. The first-order valence-corrected chi connectivity index (χ1v) is 6.54. The highest BCUT2D eigenvalue weighted by Gasteiger charge is 2.24. The van der Waals surface area contributed by atoms with E-state index in [1.165, 1.54) is 12.4 Å². The van der Waals surface area contributed by atoms with Crippen molar-refractivity contribution in [1.29, 1.82) is 0 Å². The molecule has 0 saturated carbocycles. The van der Waals surface area contributed by atoms with Gasteiger partial charge in [0.05, 0.1) is 0 Å². The summed E-state index contributed by atoms with van der Waals surface area (Å²) in [4.78, 5) is 6.45. The van der Waals surface area contributed by atoms with Gasteiger partial charge < -0.3 is 4.52 Å². The average Bonchev–Trinajstić information content (AvgIpc) is 2.94. The standard InChI is InChI=1S/C14H16FN3O/c15-13-3-1-2-11(8-13)9-18-6-4-12(5-7-18)14-16-10-17-19-14/h1-3,8,10,12H,4-7,9H2. The van der Waals surface area contributed by atoms with Crippen LogP contribution in [0, 0.1) is 5.82 Å². The lowest BCUT2D eigenvalue weighted by molar-refractivity contribution is 0.187. The molecule has 0 spiro atoms. The van der Waals surface area contributed by atoms with Gasteiger partial charge >= 0.3 is 0 Å². The van der Waals surface area contributed by atoms with E-state index in [4.69, 9.17) is 4.52 Å². The summed E-state index contributed by atoms with van der Waals surface area (Å²) < 4.78 is 18.2. The number of likely N-dealkylation sites (tertiary alicyclic amines) is 1. The second-order valence-electron chi connectivity index (χ2n) is 4.96. The molecule has 0 N–H and O–H groups in total. The lowest BCUT2D eigenvalue weighted by Gasteiger charge is -2.30. The van der Waals surface area contributed by atoms with Crippen LogP contribution in [-0.4, -0.2) is 28.1 Å². The molecule has 2 aromatic rings. The van der Waals surface area contributed by atoms with Crippen LogP contribution >= 0.6 is 0 Å². The molecule has 1 aliphatic heterocycles. The Labute approximate surface area is 111 Å². The molecule has 19 heavy (non-hydrogen) atoms. The Morgan fingerprint density at radius 2 is 2.16 bits per heavy atom. The summed E-state index contributed by atoms with van der Waals surface area (Å²) in [6, 6.07) is 6.80. The Kier molecular flexibility index (Phi) is 3.55. The second-order valence-corrected chi connectivity index (χ2v) is 4.96. The summed E-state index contributed by atoms with van der Waals surface area (Å²) in [5.74, 6) is 0.940. The zero-order valence-electron chi connectivity index (χ0n) is 10.6. The van der Waals surface area contributed by atoms with Crippen LogP contribution in [0.4, 0.5) is 4.39 Å². The SMILES string of the molecule is Fc1cccc(CN2CCC(c3ncno3)CC2)c1. The van der Waals surface area contributed by atoms with E-state index >= 15 is 0 Å². The summed E-state index contributed by atoms with van der Waals surface area (Å²) in [6.07, 6.45) is 3.48. The molecule has 1 aromatic carbocycles. The Hall–Kier alpha value is -1.75. The zero-order chi connectivity index (χ0) is 13.1. The Bertz CT molecular complexity index is 521. The molecule has 0 bridgehead atoms. The van der Waals surface area contributed by atoms with Crippen LogP contribution in [0.3, 0.4) is 0 Å². The molecule has 100 valence electrons. The first-order valence-electron chi connectivity index (χ1n) is 6.54. The van der Waals surface area contributed by atoms with Gasteiger partial charge in [0.2, 0.25) is 5.89 Å². The molecule has 5 heteroatoms. The van der Waals surface area contributed by atoms with E-state index < -0.39 is 0 Å². The summed E-state index contributed by atoms with van der Waals surface area (Å²) in [6.45, 7) is 2.75. The molecule has 1 aromatic heterocycles. The second kappa shape index (κ2) is 5.48. The van der Waals surface area contributed by atoms with Crippen molar-refractivity contribution in [3.8, 4) is 0 Å². The number of nitrogens with zero attached hydrogens (tertiary/aromatic N) is 3. The van der Waals surface area contributed by atoms with E-state index in [0.717, 1.165) is 43.9 Å². The third-order valence-corrected chi connectivity index (χ3v) is 3.61. The smallest absolute Gasteiger partial charge is 0.229 e. The van der Waals surface area contributed by atoms with Gasteiger partial charge in [0.1, 0.15) is 5.82 Å². The number of aromatic nitrogens is 2. The zero-order valence-corrected chi connectivity index (χ0v) is 10.6. The van der Waals surface area contributed by atoms with E-state index in [2.05, 4.69) is 15.0 Å². The van der Waals surface area contributed by atoms with Crippen molar-refractivity contribution in [3.63, 3.8) is 0 Å². The number of hydrogen-bond donors (Lipinski definition) is 0. The third kappa shape index (κ3) is 2.98. The van der Waals surface area contributed by atoms with E-state index in [1.807, 2.05) is 6.07 Å². The minimum atomic E-state index is -0.168. The molecular weight excluding hydrogens is 245 g/mol. The average molecular weight is 261 g/mol. The van der Waals surface area contributed by atoms with Crippen molar-refractivity contribution < 1.29 is 8.91 Å². The van der Waals surface area contributed by atoms with Crippen LogP contribution in [0.5, 0.6) is 0 Å². The van der Waals surface area contributed by atoms with Crippen LogP contribution in [0.25, 0.3) is 0 Å². The maximum Gasteiger partial charge on any atom is 0.229 e. The monoisotopic (exact) mass is 261 g/mol. The van der Waals surface area contributed by atoms with Gasteiger partial charge in [-0.3, -0.25) is 4.90 Å². The van der Waals surface area contributed by atoms with Gasteiger partial charge in [0, 0.05) is 12.5 Å². The quantitative estimate of drug-likeness (QED) is 0.851. The number of halogens is 1. The van der Waals surface area contributed by atoms with Crippen LogP contribution in [0.1, 0.15) is 30.2 Å². The van der Waals surface area contributed by atoms with Crippen molar-refractivity contribution in [1.82, 2.24) is 15.0 Å². The highest BCUT2D eigenvalue weighted by Crippen LogP contribution is 2.26. The summed E-state index contributed by atoms with van der Waals surface area (Å²) in [7, 11) is 0. The third-order valence-electron chi connectivity index (χ3n) is 3.61. The largest absolute Gasteiger partial charge is 0.339 e. The fourth-order valence-corrected chi connectivity index (χ4v) is 2.59. The van der Waals surface area contributed by atoms with Crippen LogP contribution < -0.4 is 0 Å². The van der Waals surface area contributed by atoms with Crippen LogP contribution in [0.2, 0.25) is 0 Å². The molecule has 0 unspecified atom stereocenters. The first kappa shape index (κ1) is 12.3. The van der Waals surface area contributed by atoms with Gasteiger partial charge in [-0.15, -0.1) is 0 Å². The minimum Gasteiger partial charge on any atom is -0.339 e. The van der Waals surface area contributed by atoms with E-state index in [0.29, 0.717) is 5.92 Å². The normalized spacial score (nSPS) is 17.7. The minimum absolute atomic E-state index is 0.168. The molecule has 0 atom stereocenters. The van der Waals surface area contributed by atoms with E-state index in [9.17, 15) is 4.39 Å². The van der Waals surface area contributed by atoms with Gasteiger partial charge in [-0.1, -0.05) is 17.3 Å². The molecule has 3 rings (SSSR count). The van der Waals surface area contributed by atoms with E-state index in [1.54, 1.807) is 12.1 Å². The van der Waals surface area contributed by atoms with Gasteiger partial charge in [0.25, 0.3) is 0 Å². The molecule has 1 aliphatic rings. The highest BCUT2D eigenvalue weighted by atomic mass is 19.1. The Balaban J connectivity index is 1.56. The topological polar surface area (TPSA) is 42.2 Å². The summed E-state index contributed by atoms with van der Waals surface area (Å²) in [5.41, 5.74) is 1.02. The lowest BCUT2D eigenvalue weighted by atomic mass is 9.96. The lowest BCUT2D eigenvalue weighted by Crippen LogP contribution is -2.32. The molecule has 1 saturated heterocycles. The first-order chi connectivity index (χ1) is 9.31. The van der Waals surface area contributed by atoms with Crippen molar-refractivity contribution in [2.24, 2.45) is 0 Å². The van der Waals surface area contributed by atoms with Crippen molar-refractivity contribution in [2.45, 2.75) is 25.3 Å². The molecule has 0 amide bonds. The van der Waals surface area contributed by atoms with Crippen molar-refractivity contribution in [3.05, 3.63) is 47.9 Å². The van der Waals surface area contributed by atoms with E-state index in [-0.39, 0.29) is 5.82 Å². The fourth-order valence-electron chi connectivity index (χ4n) is 2.59. The molecule has 4 nitrogen and oxygen atoms in total. The molecule has 1 fully saturated rings. The summed E-state index contributed by atoms with van der Waals surface area (Å²) in [5, 5.41) is 3.65. The number of rotatable bonds is 3. The predicted molar refractivity (Wildman–Crippen MR) is 68.0 cm³/mol. The number of hydrogen-bond acceptors (Lipinski definition) is 4. The van der Waals surface area contributed by atoms with Crippen LogP contribution in [0.15, 0.2) is 35.1 Å². The predicted octanol–water partition coefficient (Wildman–Crippen LogP) is 2.59. The highest BCUT2D eigenvalue weighted by molar-refractivity contribution is 5.16. The Morgan fingerprint density at radius 3 is 2.84 bits per heavy atom. The Morgan fingerprint density at radius 1 is 1.32 bits per heavy atom. The number of piperidine rings is 1. The van der Waals surface area contributed by atoms with Gasteiger partial charge in [-0.25, -0.2) is 4.39 Å². The molecule has 0 radical (unpaired) electrons. The van der Waals surface area contributed by atoms with Gasteiger partial charge in [-0.2, -0.15) is 4.98 Å². The molecule has 0 aliphatic carbocycles. The fraction of sp³-hybridized carbons (Fsp3) is 0.429. The van der Waals surface area contributed by atoms with Crippen molar-refractivity contribution in [2.75, 3.05) is 13.1 Å². The molecule has 2 heterocycles. The van der Waals surface area contributed by atoms with Crippen molar-refractivity contribution >= 4 is 0 Å².